The van der Waals surface area contributed by atoms with Crippen LogP contribution in [0.25, 0.3) is 22.0 Å². The molecule has 0 radical (unpaired) electrons. The Kier molecular flexibility index (Phi) is 7.37. The van der Waals surface area contributed by atoms with Crippen molar-refractivity contribution in [2.24, 2.45) is 0 Å². The first kappa shape index (κ1) is 25.1. The Hall–Kier alpha value is -3.52. The zero-order valence-corrected chi connectivity index (χ0v) is 21.5. The van der Waals surface area contributed by atoms with Crippen LogP contribution in [-0.2, 0) is 11.2 Å². The van der Waals surface area contributed by atoms with Gasteiger partial charge in [0.2, 0.25) is 5.91 Å². The van der Waals surface area contributed by atoms with Crippen molar-refractivity contribution in [3.8, 4) is 17.1 Å². The summed E-state index contributed by atoms with van der Waals surface area (Å²) in [6, 6.07) is 10.3. The van der Waals surface area contributed by atoms with E-state index >= 15 is 4.39 Å². The highest BCUT2D eigenvalue weighted by Gasteiger charge is 2.26. The maximum absolute atomic E-state index is 16.2. The number of fused-ring (bicyclic) bond motifs is 2. The second kappa shape index (κ2) is 10.8. The molecule has 1 aliphatic carbocycles. The zero-order valence-electron chi connectivity index (χ0n) is 21.5. The summed E-state index contributed by atoms with van der Waals surface area (Å²) in [6.45, 7) is 7.92. The summed E-state index contributed by atoms with van der Waals surface area (Å²) in [5, 5.41) is 6.52. The van der Waals surface area contributed by atoms with Crippen molar-refractivity contribution >= 4 is 22.6 Å². The smallest absolute Gasteiger partial charge is 0.319 e. The Balaban J connectivity index is 1.51. The molecule has 2 aliphatic rings. The molecule has 194 valence electrons. The number of amides is 1. The minimum atomic E-state index is -0.377. The van der Waals surface area contributed by atoms with Gasteiger partial charge in [-0.3, -0.25) is 4.79 Å². The average Bonchev–Trinajstić information content (AvgIpc) is 3.50. The number of hydrogen-bond acceptors (Lipinski definition) is 6. The summed E-state index contributed by atoms with van der Waals surface area (Å²) in [5.41, 5.74) is 4.22. The van der Waals surface area contributed by atoms with Gasteiger partial charge >= 0.3 is 6.01 Å². The van der Waals surface area contributed by atoms with E-state index in [9.17, 15) is 4.79 Å². The quantitative estimate of drug-likeness (QED) is 0.326. The lowest BCUT2D eigenvalue weighted by molar-refractivity contribution is -0.116. The van der Waals surface area contributed by atoms with Crippen molar-refractivity contribution in [3.63, 3.8) is 0 Å². The van der Waals surface area contributed by atoms with Crippen LogP contribution in [0.2, 0.25) is 0 Å². The van der Waals surface area contributed by atoms with Gasteiger partial charge in [-0.1, -0.05) is 37.8 Å². The second-order valence-electron chi connectivity index (χ2n) is 10.0. The molecule has 0 saturated carbocycles. The van der Waals surface area contributed by atoms with Gasteiger partial charge in [0.1, 0.15) is 17.9 Å². The number of carbonyl (C=O) groups excluding carboxylic acids is 1. The van der Waals surface area contributed by atoms with Crippen LogP contribution in [0.1, 0.15) is 43.2 Å². The van der Waals surface area contributed by atoms with Crippen LogP contribution < -0.4 is 15.4 Å². The number of likely N-dealkylation sites (tertiary alicyclic amines) is 1. The highest BCUT2D eigenvalue weighted by Crippen LogP contribution is 2.41. The molecular weight excluding hydrogens is 469 g/mol. The fourth-order valence-electron chi connectivity index (χ4n) is 5.51. The minimum Gasteiger partial charge on any atom is -0.462 e. The molecule has 1 amide bonds. The SMILES string of the molecule is C=CC(=O)NCCNc1nc(OC[C@@H]2CCCN2C)nc2c(F)c(-c3cccc4c3C(C)CC4)ccc12. The number of aryl methyl sites for hydroxylation is 1. The fraction of sp³-hybridized carbons (Fsp3) is 0.414. The largest absolute Gasteiger partial charge is 0.462 e. The number of nitrogens with zero attached hydrogens (tertiary/aromatic N) is 3. The van der Waals surface area contributed by atoms with Crippen LogP contribution in [0.4, 0.5) is 10.2 Å². The van der Waals surface area contributed by atoms with Crippen LogP contribution in [-0.4, -0.2) is 60.1 Å². The standard InChI is InChI=1S/C29H34FN5O2/c1-4-24(36)31-14-15-32-28-23-13-12-22(21-9-5-7-19-11-10-18(2)25(19)21)26(30)27(23)33-29(34-28)37-17-20-8-6-16-35(20)3/h4-5,7,9,12-13,18,20H,1,6,8,10-11,14-17H2,2-3H3,(H,31,36)(H,32,33,34)/t18?,20-/m0/s1. The Bertz CT molecular complexity index is 1330. The molecule has 1 fully saturated rings. The lowest BCUT2D eigenvalue weighted by atomic mass is 9.91. The van der Waals surface area contributed by atoms with E-state index < -0.39 is 0 Å². The molecule has 3 aromatic rings. The number of rotatable bonds is 9. The first-order valence-electron chi connectivity index (χ1n) is 13.1. The topological polar surface area (TPSA) is 79.4 Å². The van der Waals surface area contributed by atoms with Gasteiger partial charge in [0.15, 0.2) is 5.82 Å². The molecule has 8 heteroatoms. The lowest BCUT2D eigenvalue weighted by Gasteiger charge is -2.20. The van der Waals surface area contributed by atoms with Gasteiger partial charge in [-0.25, -0.2) is 4.39 Å². The van der Waals surface area contributed by atoms with E-state index in [0.29, 0.717) is 42.4 Å². The lowest BCUT2D eigenvalue weighted by Crippen LogP contribution is -2.31. The molecule has 1 aromatic heterocycles. The third kappa shape index (κ3) is 5.16. The number of carbonyl (C=O) groups is 1. The molecule has 0 spiro atoms. The summed E-state index contributed by atoms with van der Waals surface area (Å²) >= 11 is 0. The predicted octanol–water partition coefficient (Wildman–Crippen LogP) is 4.67. The van der Waals surface area contributed by atoms with E-state index in [4.69, 9.17) is 4.74 Å². The number of aromatic nitrogens is 2. The predicted molar refractivity (Wildman–Crippen MR) is 145 cm³/mol. The van der Waals surface area contributed by atoms with Crippen LogP contribution >= 0.6 is 0 Å². The minimum absolute atomic E-state index is 0.146. The van der Waals surface area contributed by atoms with Crippen LogP contribution in [0.5, 0.6) is 6.01 Å². The maximum atomic E-state index is 16.2. The molecule has 2 aromatic carbocycles. The number of halogens is 1. The summed E-state index contributed by atoms with van der Waals surface area (Å²) < 4.78 is 22.2. The van der Waals surface area contributed by atoms with E-state index in [2.05, 4.69) is 52.1 Å². The van der Waals surface area contributed by atoms with Gasteiger partial charge < -0.3 is 20.3 Å². The van der Waals surface area contributed by atoms with E-state index in [-0.39, 0.29) is 29.3 Å². The number of anilines is 1. The molecule has 1 aliphatic heterocycles. The fourth-order valence-corrected chi connectivity index (χ4v) is 5.51. The molecule has 0 bridgehead atoms. The molecule has 1 unspecified atom stereocenters. The number of hydrogen-bond donors (Lipinski definition) is 2. The van der Waals surface area contributed by atoms with Crippen molar-refractivity contribution in [3.05, 3.63) is 59.9 Å². The number of ether oxygens (including phenoxy) is 1. The van der Waals surface area contributed by atoms with Gasteiger partial charge in [0.25, 0.3) is 0 Å². The van der Waals surface area contributed by atoms with E-state index in [1.807, 2.05) is 24.3 Å². The first-order valence-corrected chi connectivity index (χ1v) is 13.1. The van der Waals surface area contributed by atoms with Gasteiger partial charge in [-0.05, 0) is 74.0 Å². The first-order chi connectivity index (χ1) is 18.0. The van der Waals surface area contributed by atoms with E-state index in [1.54, 1.807) is 0 Å². The maximum Gasteiger partial charge on any atom is 0.319 e. The highest BCUT2D eigenvalue weighted by molar-refractivity contribution is 5.93. The van der Waals surface area contributed by atoms with Crippen molar-refractivity contribution in [2.75, 3.05) is 38.6 Å². The number of nitrogens with one attached hydrogen (secondary N) is 2. The highest BCUT2D eigenvalue weighted by atomic mass is 19.1. The van der Waals surface area contributed by atoms with Gasteiger partial charge in [-0.2, -0.15) is 9.97 Å². The van der Waals surface area contributed by atoms with E-state index in [0.717, 1.165) is 37.8 Å². The van der Waals surface area contributed by atoms with E-state index in [1.165, 1.54) is 17.2 Å². The summed E-state index contributed by atoms with van der Waals surface area (Å²) in [7, 11) is 2.08. The van der Waals surface area contributed by atoms with Crippen LogP contribution in [0.15, 0.2) is 43.0 Å². The van der Waals surface area contributed by atoms with Gasteiger partial charge in [0, 0.05) is 30.1 Å². The Morgan fingerprint density at radius 2 is 2.08 bits per heavy atom. The second-order valence-corrected chi connectivity index (χ2v) is 10.0. The van der Waals surface area contributed by atoms with Crippen molar-refractivity contribution in [1.29, 1.82) is 0 Å². The third-order valence-corrected chi connectivity index (χ3v) is 7.59. The Labute approximate surface area is 217 Å². The summed E-state index contributed by atoms with van der Waals surface area (Å²) in [6.07, 6.45) is 5.50. The molecule has 37 heavy (non-hydrogen) atoms. The van der Waals surface area contributed by atoms with Crippen LogP contribution in [0.3, 0.4) is 0 Å². The molecule has 2 N–H and O–H groups in total. The monoisotopic (exact) mass is 503 g/mol. The Morgan fingerprint density at radius 1 is 1.22 bits per heavy atom. The molecule has 2 heterocycles. The van der Waals surface area contributed by atoms with Crippen molar-refractivity contribution in [2.45, 2.75) is 44.6 Å². The van der Waals surface area contributed by atoms with Gasteiger partial charge in [-0.15, -0.1) is 0 Å². The summed E-state index contributed by atoms with van der Waals surface area (Å²) in [5.74, 6) is 0.235. The number of benzene rings is 2. The molecule has 7 nitrogen and oxygen atoms in total. The normalized spacial score (nSPS) is 19.1. The molecule has 5 rings (SSSR count). The molecule has 2 atom stereocenters. The molecular formula is C29H34FN5O2. The van der Waals surface area contributed by atoms with Crippen molar-refractivity contribution in [1.82, 2.24) is 20.2 Å². The van der Waals surface area contributed by atoms with Gasteiger partial charge in [0.05, 0.1) is 0 Å². The Morgan fingerprint density at radius 3 is 2.86 bits per heavy atom. The number of likely N-dealkylation sites (N-methyl/N-ethyl adjacent to an activating group) is 1. The third-order valence-electron chi connectivity index (χ3n) is 7.59. The van der Waals surface area contributed by atoms with Crippen molar-refractivity contribution < 1.29 is 13.9 Å². The van der Waals surface area contributed by atoms with Crippen LogP contribution in [0, 0.1) is 5.82 Å². The molecule has 1 saturated heterocycles. The zero-order chi connectivity index (χ0) is 25.9. The average molecular weight is 504 g/mol. The summed E-state index contributed by atoms with van der Waals surface area (Å²) in [4.78, 5) is 22.9.